The first kappa shape index (κ1) is 12.8. The van der Waals surface area contributed by atoms with Gasteiger partial charge in [-0.15, -0.1) is 23.7 Å². The number of benzene rings is 1. The van der Waals surface area contributed by atoms with Crippen LogP contribution >= 0.6 is 23.7 Å². The van der Waals surface area contributed by atoms with Crippen LogP contribution in [-0.2, 0) is 6.54 Å². The Labute approximate surface area is 112 Å². The number of nitrogens with one attached hydrogen (secondary N) is 1. The second-order valence-electron chi connectivity index (χ2n) is 4.48. The van der Waals surface area contributed by atoms with Crippen LogP contribution in [0.2, 0.25) is 0 Å². The fraction of sp³-hybridized carbons (Fsp3) is 0.385. The van der Waals surface area contributed by atoms with Crippen molar-refractivity contribution in [3.05, 3.63) is 35.2 Å². The van der Waals surface area contributed by atoms with E-state index in [0.717, 1.165) is 25.7 Å². The predicted octanol–water partition coefficient (Wildman–Crippen LogP) is 2.73. The molecule has 1 saturated heterocycles. The molecular formula is C13H17ClN2S. The van der Waals surface area contributed by atoms with E-state index >= 15 is 0 Å². The van der Waals surface area contributed by atoms with Crippen molar-refractivity contribution in [1.82, 2.24) is 10.2 Å². The van der Waals surface area contributed by atoms with Crippen LogP contribution in [0.4, 0.5) is 0 Å². The highest BCUT2D eigenvalue weighted by Crippen LogP contribution is 2.26. The van der Waals surface area contributed by atoms with Gasteiger partial charge in [0.15, 0.2) is 0 Å². The topological polar surface area (TPSA) is 15.3 Å². The van der Waals surface area contributed by atoms with Crippen molar-refractivity contribution < 1.29 is 0 Å². The number of hydrogen-bond acceptors (Lipinski definition) is 3. The number of hydrogen-bond donors (Lipinski definition) is 1. The summed E-state index contributed by atoms with van der Waals surface area (Å²) in [6, 6.07) is 9.40. The average molecular weight is 269 g/mol. The van der Waals surface area contributed by atoms with Gasteiger partial charge in [0.1, 0.15) is 0 Å². The van der Waals surface area contributed by atoms with Crippen molar-refractivity contribution in [2.45, 2.75) is 12.6 Å². The van der Waals surface area contributed by atoms with Gasteiger partial charge in [-0.25, -0.2) is 0 Å². The number of likely N-dealkylation sites (N-methyl/N-ethyl adjacent to an activating group) is 1. The molecule has 1 aromatic carbocycles. The Morgan fingerprint density at radius 3 is 2.82 bits per heavy atom. The summed E-state index contributed by atoms with van der Waals surface area (Å²) in [5.41, 5.74) is 1.47. The van der Waals surface area contributed by atoms with Crippen molar-refractivity contribution in [2.75, 3.05) is 20.1 Å². The molecule has 0 amide bonds. The van der Waals surface area contributed by atoms with E-state index in [1.54, 1.807) is 0 Å². The maximum Gasteiger partial charge on any atom is 0.0346 e. The molecule has 0 saturated carbocycles. The van der Waals surface area contributed by atoms with Gasteiger partial charge in [-0.3, -0.25) is 4.90 Å². The summed E-state index contributed by atoms with van der Waals surface area (Å²) >= 11 is 1.85. The van der Waals surface area contributed by atoms with Crippen LogP contribution in [0.5, 0.6) is 0 Å². The summed E-state index contributed by atoms with van der Waals surface area (Å²) < 4.78 is 1.40. The minimum atomic E-state index is 0. The van der Waals surface area contributed by atoms with E-state index in [0.29, 0.717) is 0 Å². The van der Waals surface area contributed by atoms with Gasteiger partial charge in [-0.2, -0.15) is 0 Å². The van der Waals surface area contributed by atoms with Gasteiger partial charge >= 0.3 is 0 Å². The molecular weight excluding hydrogens is 252 g/mol. The molecule has 0 bridgehead atoms. The molecule has 1 aliphatic heterocycles. The molecule has 1 aliphatic rings. The van der Waals surface area contributed by atoms with Crippen molar-refractivity contribution >= 4 is 33.8 Å². The summed E-state index contributed by atoms with van der Waals surface area (Å²) in [7, 11) is 2.22. The van der Waals surface area contributed by atoms with E-state index in [-0.39, 0.29) is 12.4 Å². The first-order valence-corrected chi connectivity index (χ1v) is 6.58. The van der Waals surface area contributed by atoms with Gasteiger partial charge in [0, 0.05) is 30.4 Å². The smallest absolute Gasteiger partial charge is 0.0346 e. The number of thiophene rings is 1. The van der Waals surface area contributed by atoms with Gasteiger partial charge in [-0.05, 0) is 29.4 Å². The number of rotatable bonds is 3. The van der Waals surface area contributed by atoms with Gasteiger partial charge < -0.3 is 5.32 Å². The molecule has 0 radical (unpaired) electrons. The SMILES string of the molecule is CN(Cc1csc2ccccc12)C1CNC1.Cl. The molecule has 0 spiro atoms. The quantitative estimate of drug-likeness (QED) is 0.921. The average Bonchev–Trinajstić information content (AvgIpc) is 2.59. The minimum Gasteiger partial charge on any atom is -0.314 e. The van der Waals surface area contributed by atoms with Crippen molar-refractivity contribution in [2.24, 2.45) is 0 Å². The molecule has 4 heteroatoms. The predicted molar refractivity (Wildman–Crippen MR) is 77.2 cm³/mol. The highest BCUT2D eigenvalue weighted by atomic mass is 35.5. The summed E-state index contributed by atoms with van der Waals surface area (Å²) in [5, 5.41) is 7.04. The summed E-state index contributed by atoms with van der Waals surface area (Å²) in [6.45, 7) is 3.34. The normalized spacial score (nSPS) is 15.9. The van der Waals surface area contributed by atoms with Crippen LogP contribution in [0.15, 0.2) is 29.6 Å². The van der Waals surface area contributed by atoms with E-state index in [2.05, 4.69) is 46.9 Å². The lowest BCUT2D eigenvalue weighted by Crippen LogP contribution is -2.55. The minimum absolute atomic E-state index is 0. The van der Waals surface area contributed by atoms with Gasteiger partial charge in [0.25, 0.3) is 0 Å². The molecule has 1 aromatic heterocycles. The molecule has 3 rings (SSSR count). The summed E-state index contributed by atoms with van der Waals surface area (Å²) in [6.07, 6.45) is 0. The van der Waals surface area contributed by atoms with E-state index in [1.165, 1.54) is 15.6 Å². The molecule has 0 atom stereocenters. The van der Waals surface area contributed by atoms with Crippen LogP contribution in [0, 0.1) is 0 Å². The summed E-state index contributed by atoms with van der Waals surface area (Å²) in [4.78, 5) is 2.45. The summed E-state index contributed by atoms with van der Waals surface area (Å²) in [5.74, 6) is 0. The molecule has 1 N–H and O–H groups in total. The lowest BCUT2D eigenvalue weighted by molar-refractivity contribution is 0.174. The monoisotopic (exact) mass is 268 g/mol. The third-order valence-electron chi connectivity index (χ3n) is 3.36. The fourth-order valence-electron chi connectivity index (χ4n) is 2.14. The van der Waals surface area contributed by atoms with Crippen LogP contribution in [0.25, 0.3) is 10.1 Å². The second kappa shape index (κ2) is 5.36. The molecule has 2 nitrogen and oxygen atoms in total. The third-order valence-corrected chi connectivity index (χ3v) is 4.38. The first-order valence-electron chi connectivity index (χ1n) is 5.70. The van der Waals surface area contributed by atoms with E-state index in [9.17, 15) is 0 Å². The van der Waals surface area contributed by atoms with E-state index in [1.807, 2.05) is 11.3 Å². The first-order chi connectivity index (χ1) is 7.84. The van der Waals surface area contributed by atoms with Gasteiger partial charge in [0.05, 0.1) is 0 Å². The Morgan fingerprint density at radius 2 is 2.12 bits per heavy atom. The van der Waals surface area contributed by atoms with Crippen molar-refractivity contribution in [3.8, 4) is 0 Å². The van der Waals surface area contributed by atoms with Crippen LogP contribution in [0.3, 0.4) is 0 Å². The number of halogens is 1. The second-order valence-corrected chi connectivity index (χ2v) is 5.40. The van der Waals surface area contributed by atoms with Crippen LogP contribution < -0.4 is 5.32 Å². The Morgan fingerprint density at radius 1 is 1.35 bits per heavy atom. The van der Waals surface area contributed by atoms with Gasteiger partial charge in [-0.1, -0.05) is 18.2 Å². The maximum atomic E-state index is 3.32. The van der Waals surface area contributed by atoms with Crippen molar-refractivity contribution in [1.29, 1.82) is 0 Å². The molecule has 92 valence electrons. The standard InChI is InChI=1S/C13H16N2S.ClH/c1-15(11-6-14-7-11)8-10-9-16-13-5-3-2-4-12(10)13;/h2-5,9,11,14H,6-8H2,1H3;1H. The zero-order valence-electron chi connectivity index (χ0n) is 9.85. The zero-order valence-corrected chi connectivity index (χ0v) is 11.5. The van der Waals surface area contributed by atoms with Crippen molar-refractivity contribution in [3.63, 3.8) is 0 Å². The molecule has 2 aromatic rings. The third kappa shape index (κ3) is 2.47. The lowest BCUT2D eigenvalue weighted by atomic mass is 10.1. The molecule has 2 heterocycles. The zero-order chi connectivity index (χ0) is 11.0. The molecule has 0 unspecified atom stereocenters. The Balaban J connectivity index is 0.00000108. The Hall–Kier alpha value is -0.610. The van der Waals surface area contributed by atoms with E-state index in [4.69, 9.17) is 0 Å². The van der Waals surface area contributed by atoms with Gasteiger partial charge in [0.2, 0.25) is 0 Å². The fourth-order valence-corrected chi connectivity index (χ4v) is 3.09. The Kier molecular flexibility index (Phi) is 4.05. The number of fused-ring (bicyclic) bond motifs is 1. The van der Waals surface area contributed by atoms with Crippen LogP contribution in [-0.4, -0.2) is 31.1 Å². The highest BCUT2D eigenvalue weighted by molar-refractivity contribution is 7.17. The number of nitrogens with zero attached hydrogens (tertiary/aromatic N) is 1. The van der Waals surface area contributed by atoms with Crippen LogP contribution in [0.1, 0.15) is 5.56 Å². The largest absolute Gasteiger partial charge is 0.314 e. The Bertz CT molecular complexity index is 493. The highest BCUT2D eigenvalue weighted by Gasteiger charge is 2.21. The molecule has 0 aliphatic carbocycles. The molecule has 17 heavy (non-hydrogen) atoms. The molecule has 1 fully saturated rings. The van der Waals surface area contributed by atoms with E-state index < -0.39 is 0 Å². The maximum absolute atomic E-state index is 3.32. The lowest BCUT2D eigenvalue weighted by Gasteiger charge is -2.35.